The quantitative estimate of drug-likeness (QED) is 0.439. The SMILES string of the molecule is Cc1ccc2c(cnn2-c2cccc3c2cnn3Cc2c(F)ccc3[nH]ccc23)c1. The Morgan fingerprint density at radius 1 is 0.933 bits per heavy atom. The third kappa shape index (κ3) is 2.47. The molecule has 0 amide bonds. The summed E-state index contributed by atoms with van der Waals surface area (Å²) in [4.78, 5) is 3.14. The van der Waals surface area contributed by atoms with Gasteiger partial charge in [-0.15, -0.1) is 0 Å². The molecule has 0 aliphatic rings. The Kier molecular flexibility index (Phi) is 3.56. The summed E-state index contributed by atoms with van der Waals surface area (Å²) in [7, 11) is 0. The van der Waals surface area contributed by atoms with Crippen molar-refractivity contribution < 1.29 is 4.39 Å². The fourth-order valence-corrected chi connectivity index (χ4v) is 4.22. The normalized spacial score (nSPS) is 11.8. The van der Waals surface area contributed by atoms with Crippen molar-refractivity contribution in [2.75, 3.05) is 0 Å². The second-order valence-electron chi connectivity index (χ2n) is 7.60. The van der Waals surface area contributed by atoms with E-state index in [1.807, 2.05) is 52.2 Å². The average Bonchev–Trinajstić information content (AvgIpc) is 3.48. The monoisotopic (exact) mass is 395 g/mol. The van der Waals surface area contributed by atoms with E-state index in [1.54, 1.807) is 6.07 Å². The first kappa shape index (κ1) is 17.0. The number of hydrogen-bond donors (Lipinski definition) is 1. The summed E-state index contributed by atoms with van der Waals surface area (Å²) in [6, 6.07) is 17.5. The molecule has 0 fully saturated rings. The molecule has 146 valence electrons. The number of hydrogen-bond acceptors (Lipinski definition) is 2. The molecule has 0 aliphatic heterocycles. The summed E-state index contributed by atoms with van der Waals surface area (Å²) in [5.74, 6) is -0.227. The summed E-state index contributed by atoms with van der Waals surface area (Å²) in [6.07, 6.45) is 5.55. The number of aromatic nitrogens is 5. The predicted octanol–water partition coefficient (Wildman–Crippen LogP) is 5.35. The smallest absolute Gasteiger partial charge is 0.129 e. The van der Waals surface area contributed by atoms with Crippen LogP contribution in [0.4, 0.5) is 4.39 Å². The van der Waals surface area contributed by atoms with Gasteiger partial charge >= 0.3 is 0 Å². The molecule has 3 heterocycles. The lowest BCUT2D eigenvalue weighted by molar-refractivity contribution is 0.594. The third-order valence-electron chi connectivity index (χ3n) is 5.71. The van der Waals surface area contributed by atoms with Crippen molar-refractivity contribution in [1.29, 1.82) is 0 Å². The van der Waals surface area contributed by atoms with Crippen LogP contribution >= 0.6 is 0 Å². The van der Waals surface area contributed by atoms with E-state index in [0.717, 1.165) is 38.4 Å². The summed E-state index contributed by atoms with van der Waals surface area (Å²) >= 11 is 0. The molecule has 0 saturated heterocycles. The lowest BCUT2D eigenvalue weighted by atomic mass is 10.1. The number of H-pyrrole nitrogens is 1. The topological polar surface area (TPSA) is 51.4 Å². The minimum Gasteiger partial charge on any atom is -0.361 e. The predicted molar refractivity (Wildman–Crippen MR) is 116 cm³/mol. The van der Waals surface area contributed by atoms with E-state index in [4.69, 9.17) is 0 Å². The first-order valence-electron chi connectivity index (χ1n) is 9.83. The second kappa shape index (κ2) is 6.29. The largest absolute Gasteiger partial charge is 0.361 e. The fourth-order valence-electron chi connectivity index (χ4n) is 4.22. The molecular weight excluding hydrogens is 377 g/mol. The number of aryl methyl sites for hydroxylation is 1. The Balaban J connectivity index is 1.50. The van der Waals surface area contributed by atoms with Crippen LogP contribution in [0.25, 0.3) is 38.4 Å². The van der Waals surface area contributed by atoms with E-state index >= 15 is 0 Å². The van der Waals surface area contributed by atoms with Gasteiger partial charge < -0.3 is 4.98 Å². The molecule has 0 radical (unpaired) electrons. The number of halogens is 1. The number of benzene rings is 3. The molecular formula is C24H18FN5. The average molecular weight is 395 g/mol. The van der Waals surface area contributed by atoms with Crippen LogP contribution in [-0.2, 0) is 6.54 Å². The first-order valence-corrected chi connectivity index (χ1v) is 9.83. The molecule has 6 rings (SSSR count). The second-order valence-corrected chi connectivity index (χ2v) is 7.60. The molecule has 0 saturated carbocycles. The molecule has 6 aromatic rings. The van der Waals surface area contributed by atoms with Crippen molar-refractivity contribution in [3.8, 4) is 5.69 Å². The van der Waals surface area contributed by atoms with Gasteiger partial charge in [-0.25, -0.2) is 9.07 Å². The van der Waals surface area contributed by atoms with E-state index in [-0.39, 0.29) is 5.82 Å². The van der Waals surface area contributed by atoms with Gasteiger partial charge in [0.25, 0.3) is 0 Å². The van der Waals surface area contributed by atoms with Crippen molar-refractivity contribution in [1.82, 2.24) is 24.5 Å². The van der Waals surface area contributed by atoms with Crippen LogP contribution in [-0.4, -0.2) is 24.5 Å². The van der Waals surface area contributed by atoms with Crippen LogP contribution in [0.2, 0.25) is 0 Å². The summed E-state index contributed by atoms with van der Waals surface area (Å²) < 4.78 is 18.4. The Morgan fingerprint density at radius 2 is 1.87 bits per heavy atom. The molecule has 3 aromatic heterocycles. The van der Waals surface area contributed by atoms with Gasteiger partial charge in [-0.2, -0.15) is 10.2 Å². The van der Waals surface area contributed by atoms with Crippen molar-refractivity contribution in [3.63, 3.8) is 0 Å². The highest BCUT2D eigenvalue weighted by Gasteiger charge is 2.15. The minimum absolute atomic E-state index is 0.227. The first-order chi connectivity index (χ1) is 14.7. The molecule has 30 heavy (non-hydrogen) atoms. The maximum atomic E-state index is 14.6. The zero-order valence-corrected chi connectivity index (χ0v) is 16.3. The Morgan fingerprint density at radius 3 is 2.80 bits per heavy atom. The van der Waals surface area contributed by atoms with Crippen molar-refractivity contribution in [2.45, 2.75) is 13.5 Å². The molecule has 5 nitrogen and oxygen atoms in total. The van der Waals surface area contributed by atoms with Gasteiger partial charge in [0.2, 0.25) is 0 Å². The highest BCUT2D eigenvalue weighted by atomic mass is 19.1. The highest BCUT2D eigenvalue weighted by molar-refractivity contribution is 5.91. The van der Waals surface area contributed by atoms with Crippen LogP contribution in [0, 0.1) is 12.7 Å². The Bertz CT molecular complexity index is 1550. The van der Waals surface area contributed by atoms with Crippen LogP contribution in [0.1, 0.15) is 11.1 Å². The zero-order valence-electron chi connectivity index (χ0n) is 16.3. The standard InChI is InChI=1S/C24H18FN5/c1-15-5-8-22-16(11-15)12-28-30(22)24-4-2-3-23-18(24)13-27-29(23)14-19-17-9-10-26-21(17)7-6-20(19)25/h2-13,26H,14H2,1H3. The van der Waals surface area contributed by atoms with E-state index in [0.29, 0.717) is 12.1 Å². The van der Waals surface area contributed by atoms with Crippen molar-refractivity contribution in [3.05, 3.63) is 90.1 Å². The van der Waals surface area contributed by atoms with Gasteiger partial charge in [0.15, 0.2) is 0 Å². The maximum absolute atomic E-state index is 14.6. The Labute approximate surface area is 171 Å². The number of rotatable bonds is 3. The summed E-state index contributed by atoms with van der Waals surface area (Å²) in [6.45, 7) is 2.43. The van der Waals surface area contributed by atoms with Gasteiger partial charge in [0, 0.05) is 33.4 Å². The molecule has 0 aliphatic carbocycles. The Hall–Kier alpha value is -3.93. The minimum atomic E-state index is -0.227. The van der Waals surface area contributed by atoms with Gasteiger partial charge in [0.1, 0.15) is 5.82 Å². The van der Waals surface area contributed by atoms with Crippen molar-refractivity contribution in [2.24, 2.45) is 0 Å². The number of aromatic amines is 1. The van der Waals surface area contributed by atoms with E-state index in [9.17, 15) is 4.39 Å². The third-order valence-corrected chi connectivity index (χ3v) is 5.71. The maximum Gasteiger partial charge on any atom is 0.129 e. The van der Waals surface area contributed by atoms with Crippen molar-refractivity contribution >= 4 is 32.7 Å². The summed E-state index contributed by atoms with van der Waals surface area (Å²) in [5.41, 5.74) is 5.69. The molecule has 6 heteroatoms. The lowest BCUT2D eigenvalue weighted by Crippen LogP contribution is -2.04. The molecule has 0 unspecified atom stereocenters. The summed E-state index contributed by atoms with van der Waals surface area (Å²) in [5, 5.41) is 12.2. The van der Waals surface area contributed by atoms with Crippen LogP contribution < -0.4 is 0 Å². The molecule has 1 N–H and O–H groups in total. The molecule has 3 aromatic carbocycles. The molecule has 0 spiro atoms. The van der Waals surface area contributed by atoms with Crippen LogP contribution in [0.5, 0.6) is 0 Å². The van der Waals surface area contributed by atoms with Gasteiger partial charge in [0.05, 0.1) is 35.7 Å². The number of fused-ring (bicyclic) bond motifs is 3. The van der Waals surface area contributed by atoms with E-state index in [1.165, 1.54) is 11.6 Å². The van der Waals surface area contributed by atoms with Crippen LogP contribution in [0.15, 0.2) is 73.2 Å². The van der Waals surface area contributed by atoms with E-state index < -0.39 is 0 Å². The van der Waals surface area contributed by atoms with E-state index in [2.05, 4.69) is 40.3 Å². The highest BCUT2D eigenvalue weighted by Crippen LogP contribution is 2.28. The van der Waals surface area contributed by atoms with Gasteiger partial charge in [-0.3, -0.25) is 4.68 Å². The number of nitrogens with one attached hydrogen (secondary N) is 1. The fraction of sp³-hybridized carbons (Fsp3) is 0.0833. The molecule has 0 atom stereocenters. The van der Waals surface area contributed by atoms with Crippen LogP contribution in [0.3, 0.4) is 0 Å². The number of nitrogens with zero attached hydrogens (tertiary/aromatic N) is 4. The van der Waals surface area contributed by atoms with Gasteiger partial charge in [-0.05, 0) is 49.4 Å². The zero-order chi connectivity index (χ0) is 20.2. The molecule has 0 bridgehead atoms. The van der Waals surface area contributed by atoms with Gasteiger partial charge in [-0.1, -0.05) is 17.7 Å². The lowest BCUT2D eigenvalue weighted by Gasteiger charge is -2.09.